The van der Waals surface area contributed by atoms with Crippen LogP contribution < -0.4 is 10.9 Å². The van der Waals surface area contributed by atoms with Crippen LogP contribution in [0.3, 0.4) is 0 Å². The quantitative estimate of drug-likeness (QED) is 0.544. The van der Waals surface area contributed by atoms with Crippen molar-refractivity contribution < 1.29 is 9.59 Å². The van der Waals surface area contributed by atoms with E-state index in [0.29, 0.717) is 16.6 Å². The van der Waals surface area contributed by atoms with Gasteiger partial charge in [0.05, 0.1) is 22.7 Å². The maximum Gasteiger partial charge on any atom is 0.289 e. The summed E-state index contributed by atoms with van der Waals surface area (Å²) in [5, 5.41) is 0.930. The lowest BCUT2D eigenvalue weighted by Crippen LogP contribution is -2.42. The average molecular weight is 343 g/mol. The molecule has 0 unspecified atom stereocenters. The summed E-state index contributed by atoms with van der Waals surface area (Å²) in [4.78, 5) is 37.1. The number of aromatic nitrogens is 3. The summed E-state index contributed by atoms with van der Waals surface area (Å²) >= 11 is 0. The summed E-state index contributed by atoms with van der Waals surface area (Å²) in [6.45, 7) is 0. The Morgan fingerprint density at radius 2 is 1.27 bits per heavy atom. The highest BCUT2D eigenvalue weighted by Crippen LogP contribution is 2.11. The molecule has 0 spiro atoms. The first-order valence-electron chi connectivity index (χ1n) is 7.89. The van der Waals surface area contributed by atoms with Crippen molar-refractivity contribution in [1.82, 2.24) is 25.8 Å². The lowest BCUT2D eigenvalue weighted by atomic mass is 10.2. The molecule has 4 aromatic rings. The van der Waals surface area contributed by atoms with E-state index in [1.807, 2.05) is 36.4 Å². The zero-order valence-electron chi connectivity index (χ0n) is 13.5. The molecule has 2 aromatic heterocycles. The molecule has 0 saturated heterocycles. The minimum atomic E-state index is -0.558. The van der Waals surface area contributed by atoms with E-state index < -0.39 is 11.8 Å². The van der Waals surface area contributed by atoms with Crippen LogP contribution in [-0.4, -0.2) is 26.8 Å². The van der Waals surface area contributed by atoms with Crippen LogP contribution in [0.2, 0.25) is 0 Å². The first kappa shape index (κ1) is 15.6. The van der Waals surface area contributed by atoms with Gasteiger partial charge in [-0.2, -0.15) is 0 Å². The summed E-state index contributed by atoms with van der Waals surface area (Å²) in [5.41, 5.74) is 6.97. The lowest BCUT2D eigenvalue weighted by molar-refractivity contribution is 0.0841. The highest BCUT2D eigenvalue weighted by Gasteiger charge is 2.12. The van der Waals surface area contributed by atoms with Gasteiger partial charge in [-0.15, -0.1) is 0 Å². The predicted octanol–water partition coefficient (Wildman–Crippen LogP) is 2.25. The summed E-state index contributed by atoms with van der Waals surface area (Å²) in [7, 11) is 0. The predicted molar refractivity (Wildman–Crippen MR) is 96.2 cm³/mol. The molecule has 0 atom stereocenters. The van der Waals surface area contributed by atoms with E-state index >= 15 is 0 Å². The highest BCUT2D eigenvalue weighted by atomic mass is 16.2. The average Bonchev–Trinajstić information content (AvgIpc) is 2.71. The van der Waals surface area contributed by atoms with Crippen molar-refractivity contribution in [2.45, 2.75) is 0 Å². The molecule has 0 aliphatic heterocycles. The molecule has 126 valence electrons. The van der Waals surface area contributed by atoms with Crippen LogP contribution in [0, 0.1) is 0 Å². The maximum absolute atomic E-state index is 12.2. The van der Waals surface area contributed by atoms with Gasteiger partial charge in [0.2, 0.25) is 0 Å². The Labute approximate surface area is 148 Å². The van der Waals surface area contributed by atoms with Crippen molar-refractivity contribution in [3.63, 3.8) is 0 Å². The molecule has 7 nitrogen and oxygen atoms in total. The van der Waals surface area contributed by atoms with Gasteiger partial charge >= 0.3 is 0 Å². The van der Waals surface area contributed by atoms with Crippen LogP contribution in [0.15, 0.2) is 66.9 Å². The molecular formula is C19H13N5O2. The molecule has 0 saturated carbocycles. The lowest BCUT2D eigenvalue weighted by Gasteiger charge is -2.07. The molecule has 2 amide bonds. The molecule has 0 aliphatic carbocycles. The van der Waals surface area contributed by atoms with Gasteiger partial charge in [0.25, 0.3) is 11.8 Å². The zero-order valence-corrected chi connectivity index (χ0v) is 13.5. The molecule has 0 fully saturated rings. The van der Waals surface area contributed by atoms with Crippen molar-refractivity contribution >= 4 is 33.8 Å². The molecule has 2 aromatic carbocycles. The van der Waals surface area contributed by atoms with Crippen LogP contribution in [0.25, 0.3) is 21.9 Å². The third kappa shape index (κ3) is 3.05. The van der Waals surface area contributed by atoms with E-state index in [1.54, 1.807) is 24.3 Å². The van der Waals surface area contributed by atoms with Gasteiger partial charge in [0.1, 0.15) is 11.4 Å². The number of rotatable bonds is 2. The van der Waals surface area contributed by atoms with Crippen LogP contribution >= 0.6 is 0 Å². The summed E-state index contributed by atoms with van der Waals surface area (Å²) in [6, 6.07) is 18.1. The Morgan fingerprint density at radius 3 is 2.08 bits per heavy atom. The number of carbonyl (C=O) groups excluding carboxylic acids is 2. The molecule has 2 heterocycles. The smallest absolute Gasteiger partial charge is 0.266 e. The van der Waals surface area contributed by atoms with Gasteiger partial charge in [0.15, 0.2) is 0 Å². The van der Waals surface area contributed by atoms with E-state index in [1.165, 1.54) is 6.20 Å². The Kier molecular flexibility index (Phi) is 3.95. The molecular weight excluding hydrogens is 330 g/mol. The van der Waals surface area contributed by atoms with E-state index in [0.717, 1.165) is 5.39 Å². The number of carbonyl (C=O) groups is 2. The Hall–Kier alpha value is -3.87. The normalized spacial score (nSPS) is 10.6. The first-order valence-corrected chi connectivity index (χ1v) is 7.89. The first-order chi connectivity index (χ1) is 12.7. The number of fused-ring (bicyclic) bond motifs is 2. The number of nitrogens with zero attached hydrogens (tertiary/aromatic N) is 3. The Balaban J connectivity index is 1.47. The third-order valence-corrected chi connectivity index (χ3v) is 3.80. The topological polar surface area (TPSA) is 96.9 Å². The monoisotopic (exact) mass is 343 g/mol. The molecule has 0 radical (unpaired) electrons. The van der Waals surface area contributed by atoms with Crippen molar-refractivity contribution in [2.75, 3.05) is 0 Å². The van der Waals surface area contributed by atoms with Crippen molar-refractivity contribution in [3.8, 4) is 0 Å². The number of hydrogen-bond donors (Lipinski definition) is 2. The standard InChI is InChI=1S/C19H13N5O2/c25-18(16-10-9-12-5-1-2-6-13(12)21-16)23-24-19(26)17-11-20-14-7-3-4-8-15(14)22-17/h1-11H,(H,23,25)(H,24,26). The summed E-state index contributed by atoms with van der Waals surface area (Å²) in [6.07, 6.45) is 1.36. The van der Waals surface area contributed by atoms with Gasteiger partial charge in [0, 0.05) is 5.39 Å². The van der Waals surface area contributed by atoms with Gasteiger partial charge in [-0.05, 0) is 24.3 Å². The molecule has 4 rings (SSSR count). The largest absolute Gasteiger partial charge is 0.289 e. The molecule has 26 heavy (non-hydrogen) atoms. The van der Waals surface area contributed by atoms with E-state index in [-0.39, 0.29) is 11.4 Å². The van der Waals surface area contributed by atoms with Crippen molar-refractivity contribution in [1.29, 1.82) is 0 Å². The Morgan fingerprint density at radius 1 is 0.654 bits per heavy atom. The molecule has 7 heteroatoms. The second-order valence-electron chi connectivity index (χ2n) is 5.54. The van der Waals surface area contributed by atoms with Crippen LogP contribution in [0.4, 0.5) is 0 Å². The van der Waals surface area contributed by atoms with Crippen LogP contribution in [0.5, 0.6) is 0 Å². The van der Waals surface area contributed by atoms with E-state index in [2.05, 4.69) is 25.8 Å². The van der Waals surface area contributed by atoms with Gasteiger partial charge in [-0.3, -0.25) is 25.4 Å². The van der Waals surface area contributed by atoms with Crippen molar-refractivity contribution in [3.05, 3.63) is 78.2 Å². The van der Waals surface area contributed by atoms with Gasteiger partial charge in [-0.25, -0.2) is 9.97 Å². The van der Waals surface area contributed by atoms with Gasteiger partial charge < -0.3 is 0 Å². The number of nitrogens with one attached hydrogen (secondary N) is 2. The fourth-order valence-corrected chi connectivity index (χ4v) is 2.50. The Bertz CT molecular complexity index is 1050. The van der Waals surface area contributed by atoms with Gasteiger partial charge in [-0.1, -0.05) is 36.4 Å². The van der Waals surface area contributed by atoms with E-state index in [4.69, 9.17) is 0 Å². The number of pyridine rings is 1. The maximum atomic E-state index is 12.2. The number of hydrogen-bond acceptors (Lipinski definition) is 5. The fraction of sp³-hybridized carbons (Fsp3) is 0. The number of benzene rings is 2. The number of amides is 2. The third-order valence-electron chi connectivity index (χ3n) is 3.80. The molecule has 2 N–H and O–H groups in total. The minimum absolute atomic E-state index is 0.107. The SMILES string of the molecule is O=C(NNC(=O)c1cnc2ccccc2n1)c1ccc2ccccc2n1. The van der Waals surface area contributed by atoms with Crippen LogP contribution in [0.1, 0.15) is 21.0 Å². The number of hydrazine groups is 1. The minimum Gasteiger partial charge on any atom is -0.266 e. The summed E-state index contributed by atoms with van der Waals surface area (Å²) < 4.78 is 0. The number of para-hydroxylation sites is 3. The molecule has 0 bridgehead atoms. The second-order valence-corrected chi connectivity index (χ2v) is 5.54. The summed E-state index contributed by atoms with van der Waals surface area (Å²) in [5.74, 6) is -1.07. The molecule has 0 aliphatic rings. The van der Waals surface area contributed by atoms with Crippen LogP contribution in [-0.2, 0) is 0 Å². The zero-order chi connectivity index (χ0) is 17.9. The fourth-order valence-electron chi connectivity index (χ4n) is 2.50. The highest BCUT2D eigenvalue weighted by molar-refractivity contribution is 5.98. The van der Waals surface area contributed by atoms with Crippen molar-refractivity contribution in [2.24, 2.45) is 0 Å². The second kappa shape index (κ2) is 6.56. The van der Waals surface area contributed by atoms with E-state index in [9.17, 15) is 9.59 Å².